The molecule has 132 valence electrons. The fourth-order valence-corrected chi connectivity index (χ4v) is 9.69. The van der Waals surface area contributed by atoms with E-state index in [1.54, 1.807) is 0 Å². The summed E-state index contributed by atoms with van der Waals surface area (Å²) in [5.74, 6) is 3.38. The molecule has 5 heteroatoms. The molecule has 0 fully saturated rings. The van der Waals surface area contributed by atoms with E-state index in [4.69, 9.17) is 0 Å². The number of fused-ring (bicyclic) bond motifs is 3. The van der Waals surface area contributed by atoms with Crippen molar-refractivity contribution in [3.63, 3.8) is 0 Å². The fourth-order valence-electron chi connectivity index (χ4n) is 4.49. The highest BCUT2D eigenvalue weighted by Crippen LogP contribution is 2.40. The molecule has 1 aromatic heterocycles. The van der Waals surface area contributed by atoms with E-state index in [9.17, 15) is 4.79 Å². The quantitative estimate of drug-likeness (QED) is 0.635. The molecule has 0 spiro atoms. The molecular formula is C20H27N3OSi. The highest BCUT2D eigenvalue weighted by atomic mass is 28.3. The van der Waals surface area contributed by atoms with Gasteiger partial charge in [0.1, 0.15) is 19.3 Å². The summed E-state index contributed by atoms with van der Waals surface area (Å²) in [7, 11) is -1.79. The number of amides is 1. The van der Waals surface area contributed by atoms with Crippen LogP contribution in [0.5, 0.6) is 0 Å². The maximum Gasteiger partial charge on any atom is 0.254 e. The van der Waals surface area contributed by atoms with Crippen molar-refractivity contribution >= 4 is 24.9 Å². The van der Waals surface area contributed by atoms with Crippen LogP contribution in [0.3, 0.4) is 0 Å². The second-order valence-corrected chi connectivity index (χ2v) is 13.5. The van der Waals surface area contributed by atoms with Gasteiger partial charge in [-0.15, -0.1) is 5.54 Å². The predicted octanol–water partition coefficient (Wildman–Crippen LogP) is 4.38. The van der Waals surface area contributed by atoms with E-state index < -0.39 is 8.07 Å². The molecule has 3 rings (SSSR count). The third-order valence-corrected chi connectivity index (χ3v) is 12.0. The van der Waals surface area contributed by atoms with Crippen molar-refractivity contribution in [2.45, 2.75) is 64.7 Å². The summed E-state index contributed by atoms with van der Waals surface area (Å²) in [6.07, 6.45) is 0. The van der Waals surface area contributed by atoms with Crippen LogP contribution in [0.25, 0.3) is 10.9 Å². The number of hydrogen-bond acceptors (Lipinski definition) is 2. The first-order valence-corrected chi connectivity index (χ1v) is 11.3. The van der Waals surface area contributed by atoms with Crippen molar-refractivity contribution in [1.82, 2.24) is 15.5 Å². The highest BCUT2D eigenvalue weighted by molar-refractivity contribution is 6.90. The average Bonchev–Trinajstić information content (AvgIpc) is 3.10. The third-order valence-electron chi connectivity index (χ3n) is 5.75. The van der Waals surface area contributed by atoms with Crippen molar-refractivity contribution in [2.24, 2.45) is 0 Å². The van der Waals surface area contributed by atoms with Crippen LogP contribution in [-0.2, 0) is 6.54 Å². The van der Waals surface area contributed by atoms with E-state index in [0.29, 0.717) is 28.7 Å². The fraction of sp³-hybridized carbons (Fsp3) is 0.500. The van der Waals surface area contributed by atoms with Crippen LogP contribution in [0.15, 0.2) is 12.1 Å². The van der Waals surface area contributed by atoms with Crippen molar-refractivity contribution in [3.05, 3.63) is 29.0 Å². The van der Waals surface area contributed by atoms with Crippen LogP contribution in [0.1, 0.15) is 63.2 Å². The summed E-state index contributed by atoms with van der Waals surface area (Å²) in [6, 6.07) is 4.04. The van der Waals surface area contributed by atoms with Gasteiger partial charge in [-0.2, -0.15) is 5.10 Å². The van der Waals surface area contributed by atoms with Gasteiger partial charge in [0.05, 0.1) is 5.56 Å². The van der Waals surface area contributed by atoms with Gasteiger partial charge in [0.15, 0.2) is 0 Å². The van der Waals surface area contributed by atoms with Gasteiger partial charge in [0.25, 0.3) is 5.91 Å². The Bertz CT molecular complexity index is 862. The summed E-state index contributed by atoms with van der Waals surface area (Å²) in [6.45, 7) is 14.4. The van der Waals surface area contributed by atoms with Gasteiger partial charge < -0.3 is 5.32 Å². The van der Waals surface area contributed by atoms with Crippen LogP contribution in [0.4, 0.5) is 0 Å². The summed E-state index contributed by atoms with van der Waals surface area (Å²) >= 11 is 0. The molecule has 0 saturated heterocycles. The van der Waals surface area contributed by atoms with Crippen molar-refractivity contribution in [2.75, 3.05) is 0 Å². The second kappa shape index (κ2) is 6.34. The molecule has 1 aromatic carbocycles. The van der Waals surface area contributed by atoms with Crippen LogP contribution in [0.2, 0.25) is 16.6 Å². The molecule has 1 aliphatic rings. The minimum absolute atomic E-state index is 0.0399. The zero-order valence-corrected chi connectivity index (χ0v) is 16.9. The van der Waals surface area contributed by atoms with Crippen LogP contribution in [0, 0.1) is 11.5 Å². The molecular weight excluding hydrogens is 326 g/mol. The number of H-pyrrole nitrogens is 1. The average molecular weight is 354 g/mol. The monoisotopic (exact) mass is 353 g/mol. The van der Waals surface area contributed by atoms with Crippen LogP contribution in [-0.4, -0.2) is 24.2 Å². The Morgan fingerprint density at radius 3 is 2.32 bits per heavy atom. The molecule has 1 aliphatic heterocycles. The number of hydrogen-bond donors (Lipinski definition) is 2. The topological polar surface area (TPSA) is 57.8 Å². The minimum atomic E-state index is -1.79. The molecule has 25 heavy (non-hydrogen) atoms. The standard InChI is InChI=1S/C20H27N3OSi/c1-12(2)25(13(3)4,14(5)6)10-9-17-16-8-7-15-11-21-20(24)18(15)19(16)23-22-17/h7-8,12-14H,11H2,1-6H3,(H,21,24)(H,22,23). The molecule has 2 N–H and O–H groups in total. The molecule has 0 atom stereocenters. The first-order chi connectivity index (χ1) is 11.8. The molecule has 0 saturated carbocycles. The van der Waals surface area contributed by atoms with Gasteiger partial charge in [-0.1, -0.05) is 53.5 Å². The highest BCUT2D eigenvalue weighted by Gasteiger charge is 2.41. The maximum atomic E-state index is 12.1. The number of aromatic nitrogens is 2. The van der Waals surface area contributed by atoms with Gasteiger partial charge in [-0.05, 0) is 28.3 Å². The molecule has 0 bridgehead atoms. The third kappa shape index (κ3) is 2.69. The van der Waals surface area contributed by atoms with Gasteiger partial charge in [-0.25, -0.2) is 0 Å². The largest absolute Gasteiger partial charge is 0.348 e. The number of carbonyl (C=O) groups excluding carboxylic acids is 1. The first kappa shape index (κ1) is 17.8. The SMILES string of the molecule is CC(C)[Si](C#Cc1[nH]nc2c3c(ccc12)CNC3=O)(C(C)C)C(C)C. The lowest BCUT2D eigenvalue weighted by molar-refractivity contribution is 0.0967. The van der Waals surface area contributed by atoms with Gasteiger partial charge in [0, 0.05) is 11.9 Å². The van der Waals surface area contributed by atoms with Crippen molar-refractivity contribution in [3.8, 4) is 11.5 Å². The van der Waals surface area contributed by atoms with E-state index in [2.05, 4.69) is 68.5 Å². The normalized spacial score (nSPS) is 14.2. The first-order valence-electron chi connectivity index (χ1n) is 9.10. The van der Waals surface area contributed by atoms with Crippen molar-refractivity contribution < 1.29 is 4.79 Å². The smallest absolute Gasteiger partial charge is 0.254 e. The van der Waals surface area contributed by atoms with Crippen LogP contribution < -0.4 is 5.32 Å². The van der Waals surface area contributed by atoms with Crippen LogP contribution >= 0.6 is 0 Å². The van der Waals surface area contributed by atoms with Gasteiger partial charge in [0.2, 0.25) is 0 Å². The molecule has 2 aromatic rings. The number of nitrogens with zero attached hydrogens (tertiary/aromatic N) is 1. The Labute approximate surface area is 150 Å². The molecule has 0 aliphatic carbocycles. The maximum absolute atomic E-state index is 12.1. The lowest BCUT2D eigenvalue weighted by Gasteiger charge is -2.38. The van der Waals surface area contributed by atoms with E-state index in [-0.39, 0.29) is 5.91 Å². The number of benzene rings is 1. The molecule has 2 heterocycles. The summed E-state index contributed by atoms with van der Waals surface area (Å²) in [5, 5.41) is 11.3. The Balaban J connectivity index is 2.12. The number of carbonyl (C=O) groups is 1. The zero-order valence-electron chi connectivity index (χ0n) is 15.9. The van der Waals surface area contributed by atoms with Crippen molar-refractivity contribution in [1.29, 1.82) is 0 Å². The Hall–Kier alpha value is -2.06. The number of nitrogens with one attached hydrogen (secondary N) is 2. The molecule has 1 amide bonds. The molecule has 4 nitrogen and oxygen atoms in total. The van der Waals surface area contributed by atoms with E-state index in [1.165, 1.54) is 0 Å². The zero-order chi connectivity index (χ0) is 18.4. The Morgan fingerprint density at radius 1 is 1.08 bits per heavy atom. The van der Waals surface area contributed by atoms with Gasteiger partial charge in [-0.3, -0.25) is 9.89 Å². The van der Waals surface area contributed by atoms with E-state index >= 15 is 0 Å². The minimum Gasteiger partial charge on any atom is -0.348 e. The summed E-state index contributed by atoms with van der Waals surface area (Å²) in [4.78, 5) is 12.1. The number of rotatable bonds is 3. The second-order valence-electron chi connectivity index (χ2n) is 7.92. The summed E-state index contributed by atoms with van der Waals surface area (Å²) < 4.78 is 0. The summed E-state index contributed by atoms with van der Waals surface area (Å²) in [5.41, 5.74) is 8.76. The molecule has 0 radical (unpaired) electrons. The Kier molecular flexibility index (Phi) is 4.50. The lowest BCUT2D eigenvalue weighted by Crippen LogP contribution is -2.43. The van der Waals surface area contributed by atoms with E-state index in [0.717, 1.165) is 22.2 Å². The lowest BCUT2D eigenvalue weighted by atomic mass is 10.1. The van der Waals surface area contributed by atoms with Gasteiger partial charge >= 0.3 is 0 Å². The predicted molar refractivity (Wildman–Crippen MR) is 105 cm³/mol. The number of aromatic amines is 1. The Morgan fingerprint density at radius 2 is 1.72 bits per heavy atom. The van der Waals surface area contributed by atoms with E-state index in [1.807, 2.05) is 12.1 Å². The molecule has 0 unspecified atom stereocenters.